The molecule has 0 aliphatic rings. The number of halogens is 6. The van der Waals surface area contributed by atoms with Crippen molar-refractivity contribution < 1.29 is 30.8 Å². The maximum atomic E-state index is 11.6. The zero-order valence-corrected chi connectivity index (χ0v) is 5.57. The highest BCUT2D eigenvalue weighted by molar-refractivity contribution is 4.89. The van der Waals surface area contributed by atoms with E-state index in [-0.39, 0.29) is 0 Å². The molecule has 13 heavy (non-hydrogen) atoms. The van der Waals surface area contributed by atoms with Gasteiger partial charge in [0.1, 0.15) is 0 Å². The van der Waals surface area contributed by atoms with E-state index in [0.29, 0.717) is 0 Å². The van der Waals surface area contributed by atoms with Crippen LogP contribution in [0.5, 0.6) is 0 Å². The minimum absolute atomic E-state index is 2.01. The number of rotatable bonds is 0. The van der Waals surface area contributed by atoms with Gasteiger partial charge in [-0.2, -0.15) is 26.3 Å². The summed E-state index contributed by atoms with van der Waals surface area (Å²) in [5.41, 5.74) is 0. The van der Waals surface area contributed by atoms with Crippen molar-refractivity contribution in [3.63, 3.8) is 0 Å². The molecule has 0 amide bonds. The van der Waals surface area contributed by atoms with Crippen molar-refractivity contribution in [2.24, 2.45) is 0 Å². The summed E-state index contributed by atoms with van der Waals surface area (Å²) in [4.78, 5) is 0. The lowest BCUT2D eigenvalue weighted by Crippen LogP contribution is -2.06. The molecular weight excluding hydrogens is 206 g/mol. The van der Waals surface area contributed by atoms with Gasteiger partial charge in [-0.05, 0) is 0 Å². The summed E-state index contributed by atoms with van der Waals surface area (Å²) in [6.45, 7) is 0. The Morgan fingerprint density at radius 2 is 1.08 bits per heavy atom. The van der Waals surface area contributed by atoms with E-state index in [1.807, 2.05) is 0 Å². The number of hydrogen-bond acceptors (Lipinski definition) is 3. The Hall–Kier alpha value is -1.28. The van der Waals surface area contributed by atoms with Crippen molar-refractivity contribution >= 4 is 0 Å². The molecular formula is C4F6N2O. The first-order valence-electron chi connectivity index (χ1n) is 2.69. The van der Waals surface area contributed by atoms with E-state index >= 15 is 0 Å². The molecule has 0 bridgehead atoms. The third-order valence-electron chi connectivity index (χ3n) is 0.910. The van der Waals surface area contributed by atoms with Gasteiger partial charge in [0, 0.05) is 0 Å². The van der Waals surface area contributed by atoms with Crippen LogP contribution in [0, 0.1) is 0 Å². The van der Waals surface area contributed by atoms with Gasteiger partial charge in [-0.3, -0.25) is 0 Å². The summed E-state index contributed by atoms with van der Waals surface area (Å²) in [5, 5.41) is 4.38. The normalized spacial score (nSPS) is 13.4. The summed E-state index contributed by atoms with van der Waals surface area (Å²) in [7, 11) is 0. The highest BCUT2D eigenvalue weighted by atomic mass is 19.4. The average molecular weight is 206 g/mol. The molecule has 0 unspecified atom stereocenters. The van der Waals surface area contributed by atoms with Crippen LogP contribution in [-0.2, 0) is 12.4 Å². The molecule has 9 heteroatoms. The van der Waals surface area contributed by atoms with E-state index in [1.165, 1.54) is 0 Å². The summed E-state index contributed by atoms with van der Waals surface area (Å²) in [6.07, 6.45) is -10.1. The number of nitrogens with zero attached hydrogens (tertiary/aromatic N) is 2. The first kappa shape index (κ1) is 9.81. The van der Waals surface area contributed by atoms with Gasteiger partial charge >= 0.3 is 24.1 Å². The summed E-state index contributed by atoms with van der Waals surface area (Å²) in [5.74, 6) is -4.03. The molecule has 3 nitrogen and oxygen atoms in total. The number of hydrogen-bond donors (Lipinski definition) is 0. The molecule has 0 fully saturated rings. The molecule has 0 aliphatic carbocycles. The minimum Gasteiger partial charge on any atom is -0.409 e. The smallest absolute Gasteiger partial charge is 0.409 e. The van der Waals surface area contributed by atoms with Gasteiger partial charge in [-0.25, -0.2) is 0 Å². The van der Waals surface area contributed by atoms with Crippen LogP contribution in [0.25, 0.3) is 0 Å². The van der Waals surface area contributed by atoms with Gasteiger partial charge in [0.25, 0.3) is 0 Å². The summed E-state index contributed by atoms with van der Waals surface area (Å²) in [6, 6.07) is 0. The quantitative estimate of drug-likeness (QED) is 0.610. The fourth-order valence-corrected chi connectivity index (χ4v) is 0.452. The number of alkyl halides is 6. The van der Waals surface area contributed by atoms with Crippen molar-refractivity contribution in [1.82, 2.24) is 10.2 Å². The molecule has 1 aromatic rings. The van der Waals surface area contributed by atoms with Gasteiger partial charge in [0.15, 0.2) is 0 Å². The number of aromatic nitrogens is 2. The van der Waals surface area contributed by atoms with E-state index in [0.717, 1.165) is 0 Å². The van der Waals surface area contributed by atoms with E-state index in [4.69, 9.17) is 0 Å². The second-order valence-electron chi connectivity index (χ2n) is 1.91. The molecule has 0 aromatic carbocycles. The van der Waals surface area contributed by atoms with Crippen LogP contribution in [0.4, 0.5) is 26.3 Å². The van der Waals surface area contributed by atoms with Gasteiger partial charge in [-0.1, -0.05) is 0 Å². The van der Waals surface area contributed by atoms with Gasteiger partial charge in [0.05, 0.1) is 0 Å². The van der Waals surface area contributed by atoms with Gasteiger partial charge in [-0.15, -0.1) is 10.2 Å². The van der Waals surface area contributed by atoms with Gasteiger partial charge in [0.2, 0.25) is 0 Å². The van der Waals surface area contributed by atoms with Crippen molar-refractivity contribution in [2.75, 3.05) is 0 Å². The van der Waals surface area contributed by atoms with E-state index in [9.17, 15) is 26.3 Å². The van der Waals surface area contributed by atoms with E-state index in [2.05, 4.69) is 14.6 Å². The highest BCUT2D eigenvalue weighted by Gasteiger charge is 2.44. The zero-order valence-electron chi connectivity index (χ0n) is 5.57. The Bertz CT molecular complexity index is 270. The molecule has 0 radical (unpaired) electrons. The molecule has 0 atom stereocenters. The summed E-state index contributed by atoms with van der Waals surface area (Å²) < 4.78 is 73.1. The maximum absolute atomic E-state index is 11.6. The highest BCUT2D eigenvalue weighted by Crippen LogP contribution is 2.33. The Labute approximate surface area is 66.4 Å². The molecule has 1 aromatic heterocycles. The maximum Gasteiger partial charge on any atom is 0.470 e. The van der Waals surface area contributed by atoms with Crippen LogP contribution >= 0.6 is 0 Å². The monoisotopic (exact) mass is 206 g/mol. The SMILES string of the molecule is FC(F)(F)c1nnc(C(F)(F)F)o1. The Kier molecular flexibility index (Phi) is 1.96. The second-order valence-corrected chi connectivity index (χ2v) is 1.91. The third-order valence-corrected chi connectivity index (χ3v) is 0.910. The predicted octanol–water partition coefficient (Wildman–Crippen LogP) is 2.11. The first-order valence-corrected chi connectivity index (χ1v) is 2.69. The van der Waals surface area contributed by atoms with Crippen LogP contribution in [0.1, 0.15) is 11.8 Å². The fourth-order valence-electron chi connectivity index (χ4n) is 0.452. The molecule has 0 N–H and O–H groups in total. The van der Waals surface area contributed by atoms with Crippen LogP contribution in [0.15, 0.2) is 4.42 Å². The molecule has 1 heterocycles. The van der Waals surface area contributed by atoms with Crippen molar-refractivity contribution in [2.45, 2.75) is 12.4 Å². The molecule has 0 spiro atoms. The zero-order chi connectivity index (χ0) is 10.3. The predicted molar refractivity (Wildman–Crippen MR) is 24.3 cm³/mol. The Balaban J connectivity index is 3.01. The fraction of sp³-hybridized carbons (Fsp3) is 0.500. The molecule has 74 valence electrons. The Morgan fingerprint density at radius 1 is 0.769 bits per heavy atom. The standard InChI is InChI=1S/C4F6N2O/c5-3(6,7)1-11-12-2(13-1)4(8,9)10. The van der Waals surface area contributed by atoms with Crippen molar-refractivity contribution in [1.29, 1.82) is 0 Å². The molecule has 0 saturated heterocycles. The minimum atomic E-state index is -5.06. The van der Waals surface area contributed by atoms with Crippen LogP contribution in [0.3, 0.4) is 0 Å². The van der Waals surface area contributed by atoms with Crippen LogP contribution < -0.4 is 0 Å². The van der Waals surface area contributed by atoms with Crippen LogP contribution in [0.2, 0.25) is 0 Å². The largest absolute Gasteiger partial charge is 0.470 e. The first-order chi connectivity index (χ1) is 5.71. The van der Waals surface area contributed by atoms with E-state index < -0.39 is 24.1 Å². The topological polar surface area (TPSA) is 38.9 Å². The Morgan fingerprint density at radius 3 is 1.23 bits per heavy atom. The van der Waals surface area contributed by atoms with Crippen molar-refractivity contribution in [3.05, 3.63) is 11.8 Å². The van der Waals surface area contributed by atoms with Gasteiger partial charge < -0.3 is 4.42 Å². The third kappa shape index (κ3) is 2.10. The second kappa shape index (κ2) is 2.60. The lowest BCUT2D eigenvalue weighted by atomic mass is 10.6. The molecule has 0 saturated carbocycles. The lowest BCUT2D eigenvalue weighted by Gasteiger charge is -1.99. The summed E-state index contributed by atoms with van der Waals surface area (Å²) >= 11 is 0. The lowest BCUT2D eigenvalue weighted by molar-refractivity contribution is -0.173. The van der Waals surface area contributed by atoms with Crippen LogP contribution in [-0.4, -0.2) is 10.2 Å². The van der Waals surface area contributed by atoms with Crippen molar-refractivity contribution in [3.8, 4) is 0 Å². The molecule has 0 aliphatic heterocycles. The molecule has 1 rings (SSSR count). The van der Waals surface area contributed by atoms with E-state index in [1.54, 1.807) is 0 Å². The average Bonchev–Trinajstić information content (AvgIpc) is 2.28.